The standard InChI is InChI=1S/C14H29NO2/c1-4-12(10-16)13(14(15)17)9-7-5-6-8-11(2)3/h11-13,16H,4-10H2,1-3H3,(H2,15,17). The number of rotatable bonds is 10. The summed E-state index contributed by atoms with van der Waals surface area (Å²) in [6, 6.07) is 0. The molecule has 0 aliphatic rings. The zero-order valence-corrected chi connectivity index (χ0v) is 11.6. The number of hydrogen-bond donors (Lipinski definition) is 2. The van der Waals surface area contributed by atoms with Crippen LogP contribution in [0.25, 0.3) is 0 Å². The largest absolute Gasteiger partial charge is 0.396 e. The molecule has 0 spiro atoms. The fourth-order valence-electron chi connectivity index (χ4n) is 2.24. The molecular weight excluding hydrogens is 214 g/mol. The Morgan fingerprint density at radius 1 is 1.18 bits per heavy atom. The van der Waals surface area contributed by atoms with Gasteiger partial charge in [-0.05, 0) is 18.3 Å². The van der Waals surface area contributed by atoms with E-state index in [2.05, 4.69) is 13.8 Å². The van der Waals surface area contributed by atoms with Gasteiger partial charge in [0.25, 0.3) is 0 Å². The van der Waals surface area contributed by atoms with E-state index >= 15 is 0 Å². The number of carbonyl (C=O) groups is 1. The number of primary amides is 1. The highest BCUT2D eigenvalue weighted by Crippen LogP contribution is 2.22. The lowest BCUT2D eigenvalue weighted by Gasteiger charge is -2.21. The first-order valence-corrected chi connectivity index (χ1v) is 6.93. The molecule has 3 heteroatoms. The van der Waals surface area contributed by atoms with Crippen molar-refractivity contribution in [1.82, 2.24) is 0 Å². The zero-order chi connectivity index (χ0) is 13.3. The summed E-state index contributed by atoms with van der Waals surface area (Å²) in [7, 11) is 0. The fraction of sp³-hybridized carbons (Fsp3) is 0.929. The second kappa shape index (κ2) is 9.46. The molecule has 0 bridgehead atoms. The summed E-state index contributed by atoms with van der Waals surface area (Å²) < 4.78 is 0. The molecule has 3 nitrogen and oxygen atoms in total. The molecule has 2 unspecified atom stereocenters. The van der Waals surface area contributed by atoms with Crippen LogP contribution in [0.1, 0.15) is 59.3 Å². The van der Waals surface area contributed by atoms with Gasteiger partial charge in [-0.3, -0.25) is 4.79 Å². The molecule has 0 aromatic carbocycles. The van der Waals surface area contributed by atoms with Crippen LogP contribution < -0.4 is 5.73 Å². The lowest BCUT2D eigenvalue weighted by molar-refractivity contribution is -0.124. The SMILES string of the molecule is CCC(CO)C(CCCCCC(C)C)C(N)=O. The van der Waals surface area contributed by atoms with Crippen molar-refractivity contribution in [1.29, 1.82) is 0 Å². The number of hydrogen-bond acceptors (Lipinski definition) is 2. The lowest BCUT2D eigenvalue weighted by Crippen LogP contribution is -2.31. The number of aliphatic hydroxyl groups excluding tert-OH is 1. The molecular formula is C14H29NO2. The summed E-state index contributed by atoms with van der Waals surface area (Å²) in [4.78, 5) is 11.3. The van der Waals surface area contributed by atoms with E-state index in [4.69, 9.17) is 5.73 Å². The van der Waals surface area contributed by atoms with E-state index in [1.165, 1.54) is 12.8 Å². The first-order valence-electron chi connectivity index (χ1n) is 6.93. The Balaban J connectivity index is 3.89. The van der Waals surface area contributed by atoms with E-state index < -0.39 is 0 Å². The molecule has 1 amide bonds. The minimum atomic E-state index is -0.255. The van der Waals surface area contributed by atoms with E-state index in [0.717, 1.165) is 31.6 Å². The minimum Gasteiger partial charge on any atom is -0.396 e. The van der Waals surface area contributed by atoms with Gasteiger partial charge in [-0.15, -0.1) is 0 Å². The lowest BCUT2D eigenvalue weighted by atomic mass is 9.85. The van der Waals surface area contributed by atoms with E-state index in [1.54, 1.807) is 0 Å². The number of carbonyl (C=O) groups excluding carboxylic acids is 1. The average Bonchev–Trinajstić information content (AvgIpc) is 2.26. The van der Waals surface area contributed by atoms with Crippen LogP contribution >= 0.6 is 0 Å². The quantitative estimate of drug-likeness (QED) is 0.579. The van der Waals surface area contributed by atoms with Crippen molar-refractivity contribution in [2.45, 2.75) is 59.3 Å². The van der Waals surface area contributed by atoms with Gasteiger partial charge in [-0.1, -0.05) is 52.9 Å². The van der Waals surface area contributed by atoms with Crippen LogP contribution in [0.15, 0.2) is 0 Å². The molecule has 0 aliphatic carbocycles. The highest BCUT2D eigenvalue weighted by atomic mass is 16.3. The molecule has 2 atom stereocenters. The molecule has 17 heavy (non-hydrogen) atoms. The first-order chi connectivity index (χ1) is 8.02. The Kier molecular flexibility index (Phi) is 9.14. The topological polar surface area (TPSA) is 63.3 Å². The van der Waals surface area contributed by atoms with E-state index in [0.29, 0.717) is 0 Å². The van der Waals surface area contributed by atoms with Gasteiger partial charge in [0.15, 0.2) is 0 Å². The van der Waals surface area contributed by atoms with Crippen molar-refractivity contribution < 1.29 is 9.90 Å². The van der Waals surface area contributed by atoms with Crippen molar-refractivity contribution >= 4 is 5.91 Å². The predicted molar refractivity (Wildman–Crippen MR) is 71.5 cm³/mol. The van der Waals surface area contributed by atoms with Gasteiger partial charge in [-0.2, -0.15) is 0 Å². The van der Waals surface area contributed by atoms with E-state index in [1.807, 2.05) is 6.92 Å². The summed E-state index contributed by atoms with van der Waals surface area (Å²) in [5.74, 6) is 0.388. The van der Waals surface area contributed by atoms with Crippen LogP contribution in [0.5, 0.6) is 0 Å². The Morgan fingerprint density at radius 2 is 1.76 bits per heavy atom. The van der Waals surface area contributed by atoms with Crippen LogP contribution in [0.3, 0.4) is 0 Å². The van der Waals surface area contributed by atoms with Gasteiger partial charge in [-0.25, -0.2) is 0 Å². The molecule has 3 N–H and O–H groups in total. The molecule has 0 saturated heterocycles. The summed E-state index contributed by atoms with van der Waals surface area (Å²) >= 11 is 0. The Bertz CT molecular complexity index is 200. The second-order valence-corrected chi connectivity index (χ2v) is 5.39. The summed E-state index contributed by atoms with van der Waals surface area (Å²) in [5.41, 5.74) is 5.40. The Labute approximate surface area is 106 Å². The van der Waals surface area contributed by atoms with Gasteiger partial charge in [0.05, 0.1) is 0 Å². The van der Waals surface area contributed by atoms with Crippen molar-refractivity contribution in [3.05, 3.63) is 0 Å². The third-order valence-corrected chi connectivity index (χ3v) is 3.49. The zero-order valence-electron chi connectivity index (χ0n) is 11.6. The summed E-state index contributed by atoms with van der Waals surface area (Å²) in [6.45, 7) is 6.52. The van der Waals surface area contributed by atoms with Crippen LogP contribution in [0, 0.1) is 17.8 Å². The minimum absolute atomic E-state index is 0.0394. The maximum Gasteiger partial charge on any atom is 0.220 e. The Hall–Kier alpha value is -0.570. The monoisotopic (exact) mass is 243 g/mol. The smallest absolute Gasteiger partial charge is 0.220 e. The number of amides is 1. The summed E-state index contributed by atoms with van der Waals surface area (Å²) in [5, 5.41) is 9.21. The molecule has 102 valence electrons. The number of nitrogens with two attached hydrogens (primary N) is 1. The number of aliphatic hydroxyl groups is 1. The second-order valence-electron chi connectivity index (χ2n) is 5.39. The first kappa shape index (κ1) is 16.4. The van der Waals surface area contributed by atoms with Gasteiger partial charge < -0.3 is 10.8 Å². The number of unbranched alkanes of at least 4 members (excludes halogenated alkanes) is 2. The molecule has 0 aliphatic heterocycles. The maximum absolute atomic E-state index is 11.3. The van der Waals surface area contributed by atoms with Gasteiger partial charge in [0, 0.05) is 12.5 Å². The molecule has 0 heterocycles. The predicted octanol–water partition coefficient (Wildman–Crippen LogP) is 2.71. The van der Waals surface area contributed by atoms with E-state index in [-0.39, 0.29) is 24.3 Å². The highest BCUT2D eigenvalue weighted by Gasteiger charge is 2.23. The maximum atomic E-state index is 11.3. The van der Waals surface area contributed by atoms with Gasteiger partial charge >= 0.3 is 0 Å². The van der Waals surface area contributed by atoms with Gasteiger partial charge in [0.2, 0.25) is 5.91 Å². The van der Waals surface area contributed by atoms with Crippen LogP contribution in [0.2, 0.25) is 0 Å². The van der Waals surface area contributed by atoms with E-state index in [9.17, 15) is 9.90 Å². The highest BCUT2D eigenvalue weighted by molar-refractivity contribution is 5.76. The fourth-order valence-corrected chi connectivity index (χ4v) is 2.24. The van der Waals surface area contributed by atoms with Crippen LogP contribution in [-0.4, -0.2) is 17.6 Å². The third kappa shape index (κ3) is 7.37. The van der Waals surface area contributed by atoms with Crippen LogP contribution in [0.4, 0.5) is 0 Å². The van der Waals surface area contributed by atoms with Crippen molar-refractivity contribution in [3.8, 4) is 0 Å². The molecule has 0 radical (unpaired) electrons. The molecule has 0 saturated carbocycles. The molecule has 0 fully saturated rings. The van der Waals surface area contributed by atoms with Crippen LogP contribution in [-0.2, 0) is 4.79 Å². The Morgan fingerprint density at radius 3 is 2.18 bits per heavy atom. The molecule has 0 rings (SSSR count). The normalized spacial score (nSPS) is 14.9. The van der Waals surface area contributed by atoms with Crippen molar-refractivity contribution in [3.63, 3.8) is 0 Å². The average molecular weight is 243 g/mol. The summed E-state index contributed by atoms with van der Waals surface area (Å²) in [6.07, 6.45) is 6.31. The van der Waals surface area contributed by atoms with Crippen molar-refractivity contribution in [2.24, 2.45) is 23.5 Å². The molecule has 0 aromatic rings. The third-order valence-electron chi connectivity index (χ3n) is 3.49. The van der Waals surface area contributed by atoms with Gasteiger partial charge in [0.1, 0.15) is 0 Å². The molecule has 0 aromatic heterocycles. The van der Waals surface area contributed by atoms with Crippen molar-refractivity contribution in [2.75, 3.05) is 6.61 Å².